The van der Waals surface area contributed by atoms with Gasteiger partial charge in [-0.15, -0.1) is 78.9 Å². The monoisotopic (exact) mass is 702 g/mol. The Bertz CT molecular complexity index is 1050. The normalized spacial score (nSPS) is 10.9. The van der Waals surface area contributed by atoms with E-state index in [0.717, 1.165) is 0 Å². The smallest absolute Gasteiger partial charge is 0.235 e. The van der Waals surface area contributed by atoms with E-state index in [1.54, 1.807) is 87.6 Å². The molecule has 0 saturated heterocycles. The van der Waals surface area contributed by atoms with Crippen molar-refractivity contribution in [1.29, 1.82) is 0 Å². The molecule has 51 heavy (non-hydrogen) atoms. The molecule has 0 spiro atoms. The topological polar surface area (TPSA) is 104 Å². The van der Waals surface area contributed by atoms with E-state index >= 15 is 0 Å². The van der Waals surface area contributed by atoms with Gasteiger partial charge in [-0.1, -0.05) is 72.9 Å². The molecule has 1 aromatic heterocycles. The second kappa shape index (κ2) is 25.9. The standard InChI is InChI=1S/C39H54N6O6/c1-13-31(14-2)46-25-43(26-47-32(15-3)16-4)37-40-38(44(27-48-33(17-5)18-6)28-49-34(19-7)20-8)42-39(41-37)45(29-50-35(21-9)22-10)30-51-36(23-11)24-12/h13-24,31-36H,1-12,25-30H2. The summed E-state index contributed by atoms with van der Waals surface area (Å²) in [6, 6.07) is 0. The Kier molecular flexibility index (Phi) is 22.4. The van der Waals surface area contributed by atoms with Crippen molar-refractivity contribution in [2.75, 3.05) is 55.1 Å². The highest BCUT2D eigenvalue weighted by atomic mass is 16.5. The predicted molar refractivity (Wildman–Crippen MR) is 208 cm³/mol. The first kappa shape index (κ1) is 44.1. The van der Waals surface area contributed by atoms with Crippen LogP contribution in [0.15, 0.2) is 152 Å². The maximum absolute atomic E-state index is 6.03. The van der Waals surface area contributed by atoms with Crippen LogP contribution < -0.4 is 14.7 Å². The van der Waals surface area contributed by atoms with Gasteiger partial charge < -0.3 is 28.4 Å². The van der Waals surface area contributed by atoms with E-state index in [9.17, 15) is 0 Å². The number of hydrogen-bond acceptors (Lipinski definition) is 12. The predicted octanol–water partition coefficient (Wildman–Crippen LogP) is 6.58. The fraction of sp³-hybridized carbons (Fsp3) is 0.308. The minimum absolute atomic E-state index is 0.0411. The number of hydrogen-bond donors (Lipinski definition) is 0. The molecule has 0 radical (unpaired) electrons. The molecule has 0 bridgehead atoms. The van der Waals surface area contributed by atoms with Crippen molar-refractivity contribution in [1.82, 2.24) is 15.0 Å². The van der Waals surface area contributed by atoms with Gasteiger partial charge in [0.2, 0.25) is 17.8 Å². The van der Waals surface area contributed by atoms with Gasteiger partial charge in [0.15, 0.2) is 0 Å². The van der Waals surface area contributed by atoms with Crippen molar-refractivity contribution >= 4 is 17.8 Å². The zero-order valence-corrected chi connectivity index (χ0v) is 29.8. The summed E-state index contributed by atoms with van der Waals surface area (Å²) >= 11 is 0. The Morgan fingerprint density at radius 2 is 0.451 bits per heavy atom. The third-order valence-corrected chi connectivity index (χ3v) is 6.77. The van der Waals surface area contributed by atoms with Gasteiger partial charge in [0.05, 0.1) is 36.6 Å². The molecule has 1 aromatic rings. The maximum atomic E-state index is 6.03. The molecule has 1 heterocycles. The first-order chi connectivity index (χ1) is 24.7. The molecule has 0 aliphatic heterocycles. The van der Waals surface area contributed by atoms with E-state index in [1.165, 1.54) is 0 Å². The van der Waals surface area contributed by atoms with Crippen LogP contribution in [0.25, 0.3) is 0 Å². The Morgan fingerprint density at radius 3 is 0.569 bits per heavy atom. The molecule has 276 valence electrons. The van der Waals surface area contributed by atoms with Crippen molar-refractivity contribution in [2.24, 2.45) is 0 Å². The fourth-order valence-corrected chi connectivity index (χ4v) is 3.68. The molecule has 0 aromatic carbocycles. The van der Waals surface area contributed by atoms with E-state index < -0.39 is 36.6 Å². The SMILES string of the molecule is C=CC(C=C)OCN(COC(C=C)C=C)c1nc(N(COC(C=C)C=C)COC(C=C)C=C)nc(N(COC(C=C)C=C)COC(C=C)C=C)n1. The lowest BCUT2D eigenvalue weighted by Gasteiger charge is -2.30. The van der Waals surface area contributed by atoms with Crippen LogP contribution in [-0.2, 0) is 28.4 Å². The largest absolute Gasteiger partial charge is 0.350 e. The van der Waals surface area contributed by atoms with Gasteiger partial charge in [-0.2, -0.15) is 15.0 Å². The quantitative estimate of drug-likeness (QED) is 0.0584. The van der Waals surface area contributed by atoms with Crippen LogP contribution in [0.1, 0.15) is 0 Å². The summed E-state index contributed by atoms with van der Waals surface area (Å²) in [6.07, 6.45) is 16.4. The van der Waals surface area contributed by atoms with Crippen molar-refractivity contribution < 1.29 is 28.4 Å². The molecular formula is C39H54N6O6. The van der Waals surface area contributed by atoms with E-state index in [4.69, 9.17) is 43.4 Å². The minimum Gasteiger partial charge on any atom is -0.350 e. The van der Waals surface area contributed by atoms with Crippen LogP contribution in [0.3, 0.4) is 0 Å². The first-order valence-corrected chi connectivity index (χ1v) is 16.0. The third kappa shape index (κ3) is 15.6. The molecule has 1 rings (SSSR count). The zero-order chi connectivity index (χ0) is 38.0. The van der Waals surface area contributed by atoms with Crippen LogP contribution in [0.4, 0.5) is 17.8 Å². The Hall–Kier alpha value is -4.95. The number of nitrogens with zero attached hydrogens (tertiary/aromatic N) is 6. The van der Waals surface area contributed by atoms with Gasteiger partial charge in [-0.25, -0.2) is 0 Å². The van der Waals surface area contributed by atoms with E-state index in [0.29, 0.717) is 0 Å². The van der Waals surface area contributed by atoms with Crippen LogP contribution in [0.2, 0.25) is 0 Å². The summed E-state index contributed by atoms with van der Waals surface area (Å²) in [5.74, 6) is 0.471. The molecule has 12 nitrogen and oxygen atoms in total. The Morgan fingerprint density at radius 1 is 0.314 bits per heavy atom. The molecule has 0 atom stereocenters. The average molecular weight is 703 g/mol. The van der Waals surface area contributed by atoms with Crippen LogP contribution >= 0.6 is 0 Å². The summed E-state index contributed by atoms with van der Waals surface area (Å²) in [7, 11) is 0. The van der Waals surface area contributed by atoms with Gasteiger partial charge in [-0.05, 0) is 0 Å². The molecular weight excluding hydrogens is 648 g/mol. The van der Waals surface area contributed by atoms with E-state index in [1.807, 2.05) is 0 Å². The maximum Gasteiger partial charge on any atom is 0.235 e. The van der Waals surface area contributed by atoms with Crippen molar-refractivity contribution in [3.63, 3.8) is 0 Å². The highest BCUT2D eigenvalue weighted by Crippen LogP contribution is 2.22. The highest BCUT2D eigenvalue weighted by Gasteiger charge is 2.24. The number of rotatable bonds is 33. The second-order valence-electron chi connectivity index (χ2n) is 10.2. The van der Waals surface area contributed by atoms with Gasteiger partial charge in [0.1, 0.15) is 40.4 Å². The summed E-state index contributed by atoms with van der Waals surface area (Å²) in [5, 5.41) is 0. The molecule has 0 unspecified atom stereocenters. The van der Waals surface area contributed by atoms with Crippen LogP contribution in [0, 0.1) is 0 Å². The number of anilines is 3. The summed E-state index contributed by atoms with van der Waals surface area (Å²) in [6.45, 7) is 45.5. The Balaban J connectivity index is 3.99. The molecule has 0 amide bonds. The van der Waals surface area contributed by atoms with Crippen molar-refractivity contribution in [3.8, 4) is 0 Å². The Labute approximate surface area is 304 Å². The summed E-state index contributed by atoms with van der Waals surface area (Å²) in [4.78, 5) is 19.4. The molecule has 0 N–H and O–H groups in total. The van der Waals surface area contributed by atoms with Crippen LogP contribution in [0.5, 0.6) is 0 Å². The van der Waals surface area contributed by atoms with Gasteiger partial charge in [0.25, 0.3) is 0 Å². The molecule has 12 heteroatoms. The van der Waals surface area contributed by atoms with Gasteiger partial charge >= 0.3 is 0 Å². The fourth-order valence-electron chi connectivity index (χ4n) is 3.68. The number of aromatic nitrogens is 3. The highest BCUT2D eigenvalue weighted by molar-refractivity contribution is 5.46. The zero-order valence-electron chi connectivity index (χ0n) is 29.8. The van der Waals surface area contributed by atoms with Crippen molar-refractivity contribution in [3.05, 3.63) is 152 Å². The van der Waals surface area contributed by atoms with Gasteiger partial charge in [0, 0.05) is 0 Å². The summed E-state index contributed by atoms with van der Waals surface area (Å²) < 4.78 is 36.2. The summed E-state index contributed by atoms with van der Waals surface area (Å²) in [5.41, 5.74) is 0. The molecule has 0 aliphatic rings. The van der Waals surface area contributed by atoms with Crippen LogP contribution in [-0.4, -0.2) is 92.0 Å². The molecule has 0 aliphatic carbocycles. The van der Waals surface area contributed by atoms with E-state index in [-0.39, 0.29) is 58.2 Å². The average Bonchev–Trinajstić information content (AvgIpc) is 3.17. The number of ether oxygens (including phenoxy) is 6. The van der Waals surface area contributed by atoms with Crippen molar-refractivity contribution in [2.45, 2.75) is 36.6 Å². The second-order valence-corrected chi connectivity index (χ2v) is 10.2. The minimum atomic E-state index is -0.478. The molecule has 0 fully saturated rings. The molecule has 0 saturated carbocycles. The van der Waals surface area contributed by atoms with Gasteiger partial charge in [-0.3, -0.25) is 14.7 Å². The lowest BCUT2D eigenvalue weighted by Crippen LogP contribution is -2.38. The lowest BCUT2D eigenvalue weighted by molar-refractivity contribution is 0.0631. The first-order valence-electron chi connectivity index (χ1n) is 16.0. The van der Waals surface area contributed by atoms with E-state index in [2.05, 4.69) is 78.9 Å². The third-order valence-electron chi connectivity index (χ3n) is 6.77. The lowest BCUT2D eigenvalue weighted by atomic mass is 10.3.